The van der Waals surface area contributed by atoms with E-state index >= 15 is 0 Å². The lowest BCUT2D eigenvalue weighted by atomic mass is 10.3. The Hall–Kier alpha value is -2.09. The van der Waals surface area contributed by atoms with E-state index in [0.29, 0.717) is 21.4 Å². The monoisotopic (exact) mass is 414 g/mol. The van der Waals surface area contributed by atoms with Crippen molar-refractivity contribution in [1.29, 1.82) is 0 Å². The van der Waals surface area contributed by atoms with Gasteiger partial charge in [0.15, 0.2) is 5.11 Å². The summed E-state index contributed by atoms with van der Waals surface area (Å²) in [4.78, 5) is 12.3. The van der Waals surface area contributed by atoms with Gasteiger partial charge in [-0.15, -0.1) is 0 Å². The molecule has 0 heterocycles. The SMILES string of the molecule is CN(C(=O)CNC(=S)Nc1ccc(F)cc1)N(C)c1ccc(Cl)c(Cl)c1. The Labute approximate surface area is 166 Å². The second-order valence-corrected chi connectivity index (χ2v) is 6.58. The Morgan fingerprint density at radius 3 is 2.38 bits per heavy atom. The van der Waals surface area contributed by atoms with E-state index in [2.05, 4.69) is 10.6 Å². The smallest absolute Gasteiger partial charge is 0.260 e. The fourth-order valence-electron chi connectivity index (χ4n) is 2.01. The lowest BCUT2D eigenvalue weighted by Crippen LogP contribution is -2.46. The van der Waals surface area contributed by atoms with Gasteiger partial charge in [0.05, 0.1) is 22.3 Å². The molecule has 5 nitrogen and oxygen atoms in total. The standard InChI is InChI=1S/C17H17Cl2FN4OS/c1-23(13-7-8-14(18)15(19)9-13)24(2)16(25)10-21-17(26)22-12-5-3-11(20)4-6-12/h3-9H,10H2,1-2H3,(H2,21,22,26). The van der Waals surface area contributed by atoms with Crippen molar-refractivity contribution in [2.24, 2.45) is 0 Å². The number of halogens is 3. The lowest BCUT2D eigenvalue weighted by Gasteiger charge is -2.30. The van der Waals surface area contributed by atoms with Gasteiger partial charge in [0, 0.05) is 19.8 Å². The largest absolute Gasteiger partial charge is 0.353 e. The van der Waals surface area contributed by atoms with Crippen LogP contribution >= 0.6 is 35.4 Å². The third-order valence-corrected chi connectivity index (χ3v) is 4.58. The van der Waals surface area contributed by atoms with Crippen molar-refractivity contribution >= 4 is 57.8 Å². The molecule has 26 heavy (non-hydrogen) atoms. The molecule has 2 aromatic rings. The number of rotatable bonds is 5. The summed E-state index contributed by atoms with van der Waals surface area (Å²) in [6.07, 6.45) is 0. The second-order valence-electron chi connectivity index (χ2n) is 5.35. The maximum Gasteiger partial charge on any atom is 0.260 e. The molecule has 0 atom stereocenters. The fraction of sp³-hybridized carbons (Fsp3) is 0.176. The predicted octanol–water partition coefficient (Wildman–Crippen LogP) is 3.93. The van der Waals surface area contributed by atoms with Crippen molar-refractivity contribution in [1.82, 2.24) is 10.3 Å². The zero-order valence-corrected chi connectivity index (χ0v) is 16.4. The van der Waals surface area contributed by atoms with Crippen molar-refractivity contribution < 1.29 is 9.18 Å². The minimum atomic E-state index is -0.337. The minimum Gasteiger partial charge on any atom is -0.353 e. The summed E-state index contributed by atoms with van der Waals surface area (Å²) in [5.41, 5.74) is 1.33. The number of hydrazine groups is 1. The molecule has 0 saturated carbocycles. The molecule has 2 aromatic carbocycles. The third kappa shape index (κ3) is 5.45. The molecule has 1 amide bonds. The van der Waals surface area contributed by atoms with E-state index in [0.717, 1.165) is 0 Å². The van der Waals surface area contributed by atoms with Crippen LogP contribution in [-0.2, 0) is 4.79 Å². The number of likely N-dealkylation sites (N-methyl/N-ethyl adjacent to an activating group) is 1. The second kappa shape index (κ2) is 9.02. The highest BCUT2D eigenvalue weighted by molar-refractivity contribution is 7.80. The van der Waals surface area contributed by atoms with Crippen LogP contribution in [0.25, 0.3) is 0 Å². The van der Waals surface area contributed by atoms with Gasteiger partial charge in [0.2, 0.25) is 0 Å². The van der Waals surface area contributed by atoms with Gasteiger partial charge in [0.1, 0.15) is 5.82 Å². The molecule has 0 bridgehead atoms. The summed E-state index contributed by atoms with van der Waals surface area (Å²) >= 11 is 17.0. The summed E-state index contributed by atoms with van der Waals surface area (Å²) < 4.78 is 12.9. The van der Waals surface area contributed by atoms with Gasteiger partial charge in [-0.1, -0.05) is 23.2 Å². The van der Waals surface area contributed by atoms with E-state index in [-0.39, 0.29) is 23.4 Å². The number of amides is 1. The first-order valence-electron chi connectivity index (χ1n) is 7.53. The predicted molar refractivity (Wildman–Crippen MR) is 108 cm³/mol. The highest BCUT2D eigenvalue weighted by Crippen LogP contribution is 2.27. The molecule has 0 aromatic heterocycles. The van der Waals surface area contributed by atoms with Crippen LogP contribution in [0.1, 0.15) is 0 Å². The fourth-order valence-corrected chi connectivity index (χ4v) is 2.49. The third-order valence-electron chi connectivity index (χ3n) is 3.59. The molecule has 138 valence electrons. The number of hydrogen-bond donors (Lipinski definition) is 2. The topological polar surface area (TPSA) is 47.6 Å². The molecular weight excluding hydrogens is 398 g/mol. The minimum absolute atomic E-state index is 0.0187. The number of carbonyl (C=O) groups is 1. The summed E-state index contributed by atoms with van der Waals surface area (Å²) in [6.45, 7) is -0.0187. The molecule has 0 aliphatic carbocycles. The Morgan fingerprint density at radius 1 is 1.12 bits per heavy atom. The van der Waals surface area contributed by atoms with Crippen LogP contribution in [0.4, 0.5) is 15.8 Å². The first kappa shape index (κ1) is 20.2. The summed E-state index contributed by atoms with van der Waals surface area (Å²) in [6, 6.07) is 10.8. The van der Waals surface area contributed by atoms with Crippen molar-refractivity contribution in [2.45, 2.75) is 0 Å². The number of nitrogens with one attached hydrogen (secondary N) is 2. The Bertz CT molecular complexity index is 804. The molecular formula is C17H17Cl2FN4OS. The van der Waals surface area contributed by atoms with E-state index in [1.807, 2.05) is 0 Å². The number of nitrogens with zero attached hydrogens (tertiary/aromatic N) is 2. The summed E-state index contributed by atoms with van der Waals surface area (Å²) in [5, 5.41) is 9.86. The highest BCUT2D eigenvalue weighted by atomic mass is 35.5. The molecule has 0 fully saturated rings. The van der Waals surface area contributed by atoms with Crippen LogP contribution in [0.15, 0.2) is 42.5 Å². The zero-order valence-electron chi connectivity index (χ0n) is 14.1. The van der Waals surface area contributed by atoms with Gasteiger partial charge in [-0.25, -0.2) is 4.39 Å². The molecule has 9 heteroatoms. The normalized spacial score (nSPS) is 10.2. The van der Waals surface area contributed by atoms with E-state index in [9.17, 15) is 9.18 Å². The summed E-state index contributed by atoms with van der Waals surface area (Å²) in [5.74, 6) is -0.557. The molecule has 0 spiro atoms. The van der Waals surface area contributed by atoms with Gasteiger partial charge in [-0.3, -0.25) is 14.8 Å². The highest BCUT2D eigenvalue weighted by Gasteiger charge is 2.15. The van der Waals surface area contributed by atoms with Crippen LogP contribution in [-0.4, -0.2) is 36.7 Å². The van der Waals surface area contributed by atoms with Gasteiger partial charge in [0.25, 0.3) is 5.91 Å². The quantitative estimate of drug-likeness (QED) is 0.573. The Balaban J connectivity index is 1.88. The number of benzene rings is 2. The van der Waals surface area contributed by atoms with E-state index in [1.54, 1.807) is 49.4 Å². The van der Waals surface area contributed by atoms with Gasteiger partial charge >= 0.3 is 0 Å². The maximum atomic E-state index is 12.9. The van der Waals surface area contributed by atoms with E-state index < -0.39 is 0 Å². The van der Waals surface area contributed by atoms with Crippen molar-refractivity contribution in [3.8, 4) is 0 Å². The summed E-state index contributed by atoms with van der Waals surface area (Å²) in [7, 11) is 3.36. The number of thiocarbonyl (C=S) groups is 1. The first-order valence-corrected chi connectivity index (χ1v) is 8.70. The van der Waals surface area contributed by atoms with Crippen LogP contribution < -0.4 is 15.6 Å². The van der Waals surface area contributed by atoms with Gasteiger partial charge in [-0.2, -0.15) is 0 Å². The average Bonchev–Trinajstić information content (AvgIpc) is 2.62. The van der Waals surface area contributed by atoms with Crippen LogP contribution in [0.3, 0.4) is 0 Å². The Kier molecular flexibility index (Phi) is 7.02. The maximum absolute atomic E-state index is 12.9. The molecule has 0 saturated heterocycles. The molecule has 0 aliphatic heterocycles. The van der Waals surface area contributed by atoms with Crippen LogP contribution in [0.5, 0.6) is 0 Å². The van der Waals surface area contributed by atoms with Crippen LogP contribution in [0, 0.1) is 5.82 Å². The van der Waals surface area contributed by atoms with Crippen molar-refractivity contribution in [3.63, 3.8) is 0 Å². The lowest BCUT2D eigenvalue weighted by molar-refractivity contribution is -0.129. The first-order chi connectivity index (χ1) is 12.3. The number of hydrogen-bond acceptors (Lipinski definition) is 3. The molecule has 2 rings (SSSR count). The molecule has 0 aliphatic rings. The van der Waals surface area contributed by atoms with Gasteiger partial charge in [-0.05, 0) is 54.7 Å². The van der Waals surface area contributed by atoms with E-state index in [4.69, 9.17) is 35.4 Å². The van der Waals surface area contributed by atoms with Crippen LogP contribution in [0.2, 0.25) is 10.0 Å². The average molecular weight is 415 g/mol. The molecule has 0 unspecified atom stereocenters. The molecule has 2 N–H and O–H groups in total. The van der Waals surface area contributed by atoms with Gasteiger partial charge < -0.3 is 10.6 Å². The number of carbonyl (C=O) groups excluding carboxylic acids is 1. The van der Waals surface area contributed by atoms with Crippen molar-refractivity contribution in [3.05, 3.63) is 58.3 Å². The van der Waals surface area contributed by atoms with E-state index in [1.165, 1.54) is 17.1 Å². The Morgan fingerprint density at radius 2 is 1.77 bits per heavy atom. The van der Waals surface area contributed by atoms with Crippen molar-refractivity contribution in [2.75, 3.05) is 31.0 Å². The molecule has 0 radical (unpaired) electrons. The number of anilines is 2. The zero-order chi connectivity index (χ0) is 19.3.